The molecule has 0 fully saturated rings. The van der Waals surface area contributed by atoms with Gasteiger partial charge in [-0.2, -0.15) is 0 Å². The molecule has 2 heterocycles. The second-order valence-corrected chi connectivity index (χ2v) is 6.60. The molecular formula is C10H11Br2NOS. The summed E-state index contributed by atoms with van der Waals surface area (Å²) in [6, 6.07) is 1.91. The summed E-state index contributed by atoms with van der Waals surface area (Å²) in [5, 5.41) is 0. The van der Waals surface area contributed by atoms with E-state index in [1.807, 2.05) is 6.07 Å². The molecule has 1 atom stereocenters. The first kappa shape index (κ1) is 11.6. The molecule has 0 aromatic carbocycles. The SMILES string of the molecule is NC(C1=CCCCO1)c1cc(Br)c(Br)s1. The summed E-state index contributed by atoms with van der Waals surface area (Å²) in [4.78, 5) is 1.11. The van der Waals surface area contributed by atoms with Gasteiger partial charge in [-0.15, -0.1) is 11.3 Å². The van der Waals surface area contributed by atoms with Crippen molar-refractivity contribution in [1.82, 2.24) is 0 Å². The molecule has 1 aliphatic heterocycles. The molecule has 1 aromatic rings. The van der Waals surface area contributed by atoms with Crippen molar-refractivity contribution < 1.29 is 4.74 Å². The zero-order valence-electron chi connectivity index (χ0n) is 8.00. The molecule has 15 heavy (non-hydrogen) atoms. The summed E-state index contributed by atoms with van der Waals surface area (Å²) >= 11 is 8.56. The van der Waals surface area contributed by atoms with E-state index in [2.05, 4.69) is 37.9 Å². The average Bonchev–Trinajstić information content (AvgIpc) is 2.59. The second-order valence-electron chi connectivity index (χ2n) is 3.35. The number of thiophene rings is 1. The fourth-order valence-corrected chi connectivity index (χ4v) is 3.55. The van der Waals surface area contributed by atoms with E-state index < -0.39 is 0 Å². The van der Waals surface area contributed by atoms with Crippen LogP contribution < -0.4 is 5.73 Å². The number of hydrogen-bond acceptors (Lipinski definition) is 3. The first-order valence-corrected chi connectivity index (χ1v) is 7.12. The Bertz CT molecular complexity index is 369. The van der Waals surface area contributed by atoms with Crippen molar-refractivity contribution >= 4 is 43.2 Å². The number of halogens is 2. The first-order chi connectivity index (χ1) is 7.18. The van der Waals surface area contributed by atoms with Crippen molar-refractivity contribution in [1.29, 1.82) is 0 Å². The smallest absolute Gasteiger partial charge is 0.114 e. The fourth-order valence-electron chi connectivity index (χ4n) is 1.45. The average molecular weight is 353 g/mol. The van der Waals surface area contributed by atoms with Gasteiger partial charge >= 0.3 is 0 Å². The van der Waals surface area contributed by atoms with Crippen LogP contribution in [0.3, 0.4) is 0 Å². The van der Waals surface area contributed by atoms with E-state index in [1.165, 1.54) is 0 Å². The lowest BCUT2D eigenvalue weighted by atomic mass is 10.1. The topological polar surface area (TPSA) is 35.2 Å². The molecular weight excluding hydrogens is 342 g/mol. The van der Waals surface area contributed by atoms with Crippen LogP contribution in [0.2, 0.25) is 0 Å². The molecule has 0 spiro atoms. The van der Waals surface area contributed by atoms with Gasteiger partial charge in [0, 0.05) is 9.35 Å². The van der Waals surface area contributed by atoms with Gasteiger partial charge in [0.25, 0.3) is 0 Å². The number of hydrogen-bond donors (Lipinski definition) is 1. The third-order valence-electron chi connectivity index (χ3n) is 2.24. The number of allylic oxidation sites excluding steroid dienone is 1. The van der Waals surface area contributed by atoms with Gasteiger partial charge in [-0.25, -0.2) is 0 Å². The number of nitrogens with two attached hydrogens (primary N) is 1. The van der Waals surface area contributed by atoms with Crippen LogP contribution in [0.5, 0.6) is 0 Å². The van der Waals surface area contributed by atoms with Crippen molar-refractivity contribution in [3.63, 3.8) is 0 Å². The lowest BCUT2D eigenvalue weighted by Gasteiger charge is -2.19. The molecule has 2 nitrogen and oxygen atoms in total. The molecule has 82 valence electrons. The van der Waals surface area contributed by atoms with E-state index in [9.17, 15) is 0 Å². The Morgan fingerprint density at radius 3 is 2.80 bits per heavy atom. The van der Waals surface area contributed by atoms with Gasteiger partial charge in [0.05, 0.1) is 16.4 Å². The predicted molar refractivity (Wildman–Crippen MR) is 69.9 cm³/mol. The monoisotopic (exact) mass is 351 g/mol. The summed E-state index contributed by atoms with van der Waals surface area (Å²) in [7, 11) is 0. The minimum Gasteiger partial charge on any atom is -0.496 e. The van der Waals surface area contributed by atoms with E-state index in [-0.39, 0.29) is 6.04 Å². The minimum absolute atomic E-state index is 0.127. The highest BCUT2D eigenvalue weighted by molar-refractivity contribution is 9.13. The lowest BCUT2D eigenvalue weighted by molar-refractivity contribution is 0.176. The highest BCUT2D eigenvalue weighted by Gasteiger charge is 2.18. The molecule has 2 N–H and O–H groups in total. The fraction of sp³-hybridized carbons (Fsp3) is 0.400. The molecule has 2 rings (SSSR count). The highest BCUT2D eigenvalue weighted by atomic mass is 79.9. The molecule has 1 unspecified atom stereocenters. The molecule has 0 radical (unpaired) electrons. The van der Waals surface area contributed by atoms with Crippen LogP contribution >= 0.6 is 43.2 Å². The molecule has 1 aromatic heterocycles. The largest absolute Gasteiger partial charge is 0.496 e. The van der Waals surface area contributed by atoms with E-state index in [0.717, 1.165) is 38.3 Å². The van der Waals surface area contributed by atoms with Crippen LogP contribution in [0.25, 0.3) is 0 Å². The van der Waals surface area contributed by atoms with Crippen LogP contribution in [-0.2, 0) is 4.74 Å². The normalized spacial score (nSPS) is 18.2. The molecule has 0 saturated heterocycles. The Kier molecular flexibility index (Phi) is 3.88. The summed E-state index contributed by atoms with van der Waals surface area (Å²) in [6.07, 6.45) is 4.25. The predicted octanol–water partition coefficient (Wildman–Crippen LogP) is 3.97. The molecule has 5 heteroatoms. The highest BCUT2D eigenvalue weighted by Crippen LogP contribution is 2.37. The van der Waals surface area contributed by atoms with Crippen molar-refractivity contribution in [3.8, 4) is 0 Å². The number of ether oxygens (including phenoxy) is 1. The molecule has 0 amide bonds. The molecule has 0 aliphatic carbocycles. The van der Waals surface area contributed by atoms with Gasteiger partial charge in [-0.1, -0.05) is 0 Å². The van der Waals surface area contributed by atoms with E-state index in [4.69, 9.17) is 10.5 Å². The molecule has 1 aliphatic rings. The van der Waals surface area contributed by atoms with E-state index in [0.29, 0.717) is 0 Å². The summed E-state index contributed by atoms with van der Waals surface area (Å²) in [5.41, 5.74) is 6.13. The van der Waals surface area contributed by atoms with Crippen LogP contribution in [0.4, 0.5) is 0 Å². The van der Waals surface area contributed by atoms with Gasteiger partial charge in [-0.3, -0.25) is 0 Å². The van der Waals surface area contributed by atoms with E-state index >= 15 is 0 Å². The summed E-state index contributed by atoms with van der Waals surface area (Å²) < 4.78 is 7.68. The van der Waals surface area contributed by atoms with Gasteiger partial charge in [0.1, 0.15) is 5.76 Å². The number of rotatable bonds is 2. The third kappa shape index (κ3) is 2.64. The Balaban J connectivity index is 2.19. The van der Waals surface area contributed by atoms with Crippen LogP contribution in [0.15, 0.2) is 26.2 Å². The van der Waals surface area contributed by atoms with Crippen LogP contribution in [0, 0.1) is 0 Å². The second kappa shape index (κ2) is 4.99. The van der Waals surface area contributed by atoms with Crippen molar-refractivity contribution in [2.24, 2.45) is 5.73 Å². The Morgan fingerprint density at radius 1 is 1.47 bits per heavy atom. The summed E-state index contributed by atoms with van der Waals surface area (Å²) in [6.45, 7) is 0.785. The zero-order chi connectivity index (χ0) is 10.8. The van der Waals surface area contributed by atoms with Crippen molar-refractivity contribution in [3.05, 3.63) is 31.0 Å². The molecule has 0 saturated carbocycles. The van der Waals surface area contributed by atoms with Gasteiger partial charge < -0.3 is 10.5 Å². The maximum absolute atomic E-state index is 6.13. The minimum atomic E-state index is -0.127. The Hall–Kier alpha value is 0.160. The standard InChI is InChI=1S/C10H11Br2NOS/c11-6-5-8(15-10(6)12)9(13)7-3-1-2-4-14-7/h3,5,9H,1-2,4,13H2. The molecule has 0 bridgehead atoms. The lowest BCUT2D eigenvalue weighted by Crippen LogP contribution is -2.16. The van der Waals surface area contributed by atoms with E-state index in [1.54, 1.807) is 11.3 Å². The summed E-state index contributed by atoms with van der Waals surface area (Å²) in [5.74, 6) is 0.905. The Labute approximate surface area is 110 Å². The van der Waals surface area contributed by atoms with Crippen LogP contribution in [-0.4, -0.2) is 6.61 Å². The van der Waals surface area contributed by atoms with Gasteiger partial charge in [-0.05, 0) is 56.8 Å². The van der Waals surface area contributed by atoms with Gasteiger partial charge in [0.2, 0.25) is 0 Å². The van der Waals surface area contributed by atoms with Crippen molar-refractivity contribution in [2.75, 3.05) is 6.61 Å². The maximum Gasteiger partial charge on any atom is 0.114 e. The van der Waals surface area contributed by atoms with Gasteiger partial charge in [0.15, 0.2) is 0 Å². The Morgan fingerprint density at radius 2 is 2.27 bits per heavy atom. The van der Waals surface area contributed by atoms with Crippen LogP contribution in [0.1, 0.15) is 23.8 Å². The maximum atomic E-state index is 6.13. The zero-order valence-corrected chi connectivity index (χ0v) is 12.0. The quantitative estimate of drug-likeness (QED) is 0.874. The van der Waals surface area contributed by atoms with Crippen molar-refractivity contribution in [2.45, 2.75) is 18.9 Å². The third-order valence-corrected chi connectivity index (χ3v) is 5.58. The first-order valence-electron chi connectivity index (χ1n) is 4.71.